The Bertz CT molecular complexity index is 181. The van der Waals surface area contributed by atoms with E-state index in [0.717, 1.165) is 0 Å². The lowest BCUT2D eigenvalue weighted by Gasteiger charge is -1.86. The second-order valence-electron chi connectivity index (χ2n) is 1.16. The van der Waals surface area contributed by atoms with Gasteiger partial charge in [0.2, 0.25) is 0 Å². The average Bonchev–Trinajstić information content (AvgIpc) is 1.64. The van der Waals surface area contributed by atoms with Crippen molar-refractivity contribution < 1.29 is 19.8 Å². The number of carboxylic acids is 2. The molecule has 0 aromatic heterocycles. The summed E-state index contributed by atoms with van der Waals surface area (Å²) in [7, 11) is 0. The molecule has 4 nitrogen and oxygen atoms in total. The lowest BCUT2D eigenvalue weighted by molar-refractivity contribution is -0.140. The van der Waals surface area contributed by atoms with E-state index in [1.54, 1.807) is 5.73 Å². The van der Waals surface area contributed by atoms with Crippen molar-refractivity contribution in [2.45, 2.75) is 0 Å². The van der Waals surface area contributed by atoms with E-state index in [1.165, 1.54) is 0 Å². The zero-order valence-electron chi connectivity index (χ0n) is 4.42. The molecule has 0 heterocycles. The molecule has 0 aliphatic carbocycles. The Morgan fingerprint density at radius 2 is 1.56 bits per heavy atom. The number of hydrogen-bond donors (Lipinski definition) is 2. The number of hydrogen-bond acceptors (Lipinski definition) is 2. The highest BCUT2D eigenvalue weighted by Crippen LogP contribution is 1.88. The van der Waals surface area contributed by atoms with Gasteiger partial charge < -0.3 is 10.2 Å². The highest BCUT2D eigenvalue weighted by molar-refractivity contribution is 6.12. The first-order valence-electron chi connectivity index (χ1n) is 1.96. The van der Waals surface area contributed by atoms with Crippen molar-refractivity contribution >= 4 is 11.9 Å². The second-order valence-corrected chi connectivity index (χ2v) is 1.16. The van der Waals surface area contributed by atoms with Crippen molar-refractivity contribution in [3.63, 3.8) is 0 Å². The van der Waals surface area contributed by atoms with Crippen LogP contribution in [-0.4, -0.2) is 22.2 Å². The van der Waals surface area contributed by atoms with Gasteiger partial charge in [-0.15, -0.1) is 5.73 Å². The molecule has 0 saturated heterocycles. The van der Waals surface area contributed by atoms with E-state index in [4.69, 9.17) is 10.2 Å². The van der Waals surface area contributed by atoms with Crippen LogP contribution in [0.4, 0.5) is 0 Å². The summed E-state index contributed by atoms with van der Waals surface area (Å²) in [6.45, 7) is 2.88. The summed E-state index contributed by atoms with van der Waals surface area (Å²) < 4.78 is 0. The molecule has 2 N–H and O–H groups in total. The Labute approximate surface area is 50.7 Å². The van der Waals surface area contributed by atoms with Crippen LogP contribution in [0.3, 0.4) is 0 Å². The summed E-state index contributed by atoms with van der Waals surface area (Å²) in [6.07, 6.45) is 0. The highest BCUT2D eigenvalue weighted by atomic mass is 16.4. The van der Waals surface area contributed by atoms with Crippen LogP contribution in [-0.2, 0) is 9.59 Å². The largest absolute Gasteiger partial charge is 0.477 e. The number of carbonyl (C=O) groups is 2. The van der Waals surface area contributed by atoms with Gasteiger partial charge in [0.25, 0.3) is 0 Å². The second kappa shape index (κ2) is 2.69. The summed E-state index contributed by atoms with van der Waals surface area (Å²) in [5.41, 5.74) is 0.931. The zero-order valence-corrected chi connectivity index (χ0v) is 4.42. The van der Waals surface area contributed by atoms with Crippen LogP contribution < -0.4 is 0 Å². The van der Waals surface area contributed by atoms with Crippen LogP contribution in [0.2, 0.25) is 0 Å². The molecule has 0 saturated carbocycles. The lowest BCUT2D eigenvalue weighted by atomic mass is 10.3. The molecule has 0 aliphatic heterocycles. The van der Waals surface area contributed by atoms with Crippen LogP contribution in [0.1, 0.15) is 0 Å². The Morgan fingerprint density at radius 3 is 1.56 bits per heavy atom. The van der Waals surface area contributed by atoms with Crippen molar-refractivity contribution in [3.05, 3.63) is 17.9 Å². The van der Waals surface area contributed by atoms with E-state index in [-0.39, 0.29) is 0 Å². The summed E-state index contributed by atoms with van der Waals surface area (Å²) in [4.78, 5) is 19.7. The summed E-state index contributed by atoms with van der Waals surface area (Å²) in [5.74, 6) is -3.06. The zero-order chi connectivity index (χ0) is 7.44. The van der Waals surface area contributed by atoms with E-state index < -0.39 is 17.5 Å². The normalized spacial score (nSPS) is 7.56. The van der Waals surface area contributed by atoms with Crippen molar-refractivity contribution in [2.24, 2.45) is 0 Å². The average molecular weight is 128 g/mol. The molecule has 0 amide bonds. The van der Waals surface area contributed by atoms with Gasteiger partial charge in [0.1, 0.15) is 0 Å². The van der Waals surface area contributed by atoms with Gasteiger partial charge in [-0.1, -0.05) is 6.58 Å². The molecule has 4 heteroatoms. The Morgan fingerprint density at radius 1 is 1.22 bits per heavy atom. The van der Waals surface area contributed by atoms with Crippen LogP contribution >= 0.6 is 0 Å². The molecule has 48 valence electrons. The van der Waals surface area contributed by atoms with E-state index in [0.29, 0.717) is 0 Å². The van der Waals surface area contributed by atoms with E-state index in [9.17, 15) is 9.59 Å². The maximum Gasteiger partial charge on any atom is 0.351 e. The maximum atomic E-state index is 9.85. The maximum absolute atomic E-state index is 9.85. The van der Waals surface area contributed by atoms with Gasteiger partial charge in [-0.3, -0.25) is 0 Å². The van der Waals surface area contributed by atoms with Crippen LogP contribution in [0.5, 0.6) is 0 Å². The predicted octanol–water partition coefficient (Wildman–Crippen LogP) is -0.133. The van der Waals surface area contributed by atoms with Gasteiger partial charge in [-0.2, -0.15) is 0 Å². The van der Waals surface area contributed by atoms with E-state index >= 15 is 0 Å². The SMILES string of the molecule is C=C=C(C(=O)O)C(=O)O. The molecule has 0 aliphatic rings. The topological polar surface area (TPSA) is 74.6 Å². The first kappa shape index (κ1) is 7.46. The Balaban J connectivity index is 4.59. The molecule has 9 heavy (non-hydrogen) atoms. The van der Waals surface area contributed by atoms with E-state index in [2.05, 4.69) is 6.58 Å². The summed E-state index contributed by atoms with van der Waals surface area (Å²) >= 11 is 0. The molecular formula is C5H4O4. The fraction of sp³-hybridized carbons (Fsp3) is 0. The molecule has 0 unspecified atom stereocenters. The monoisotopic (exact) mass is 128 g/mol. The first-order chi connectivity index (χ1) is 4.09. The van der Waals surface area contributed by atoms with Crippen LogP contribution in [0, 0.1) is 0 Å². The smallest absolute Gasteiger partial charge is 0.351 e. The van der Waals surface area contributed by atoms with Crippen molar-refractivity contribution in [1.82, 2.24) is 0 Å². The molecule has 0 aromatic carbocycles. The van der Waals surface area contributed by atoms with Gasteiger partial charge in [0.15, 0.2) is 5.57 Å². The van der Waals surface area contributed by atoms with Crippen molar-refractivity contribution in [2.75, 3.05) is 0 Å². The van der Waals surface area contributed by atoms with E-state index in [1.807, 2.05) is 0 Å². The third-order valence-electron chi connectivity index (χ3n) is 0.605. The minimum Gasteiger partial charge on any atom is -0.477 e. The fourth-order valence-corrected chi connectivity index (χ4v) is 0.243. The molecule has 0 atom stereocenters. The molecular weight excluding hydrogens is 124 g/mol. The van der Waals surface area contributed by atoms with Gasteiger partial charge >= 0.3 is 11.9 Å². The lowest BCUT2D eigenvalue weighted by Crippen LogP contribution is -2.09. The molecule has 0 spiro atoms. The van der Waals surface area contributed by atoms with Crippen LogP contribution in [0.15, 0.2) is 17.9 Å². The first-order valence-corrected chi connectivity index (χ1v) is 1.96. The number of carboxylic acid groups (broad SMARTS) is 2. The van der Waals surface area contributed by atoms with Crippen molar-refractivity contribution in [1.29, 1.82) is 0 Å². The van der Waals surface area contributed by atoms with Gasteiger partial charge in [0.05, 0.1) is 0 Å². The third-order valence-corrected chi connectivity index (χ3v) is 0.605. The molecule has 0 bridgehead atoms. The van der Waals surface area contributed by atoms with Crippen molar-refractivity contribution in [3.8, 4) is 0 Å². The van der Waals surface area contributed by atoms with Gasteiger partial charge in [-0.25, -0.2) is 9.59 Å². The van der Waals surface area contributed by atoms with Gasteiger partial charge in [0, 0.05) is 0 Å². The number of aliphatic carboxylic acids is 2. The molecule has 0 fully saturated rings. The molecule has 0 aromatic rings. The van der Waals surface area contributed by atoms with Gasteiger partial charge in [-0.05, 0) is 0 Å². The van der Waals surface area contributed by atoms with Crippen LogP contribution in [0.25, 0.3) is 0 Å². The third kappa shape index (κ3) is 1.80. The minimum atomic E-state index is -1.53. The summed E-state index contributed by atoms with van der Waals surface area (Å²) in [6, 6.07) is 0. The Hall–Kier alpha value is -1.54. The molecule has 0 rings (SSSR count). The summed E-state index contributed by atoms with van der Waals surface area (Å²) in [5, 5.41) is 16.0. The minimum absolute atomic E-state index is 0.838. The standard InChI is InChI=1S/C5H4O4/c1-2-3(4(6)7)5(8)9/h1H2,(H,6,7)(H,8,9). The quantitative estimate of drug-likeness (QED) is 0.235. The molecule has 0 radical (unpaired) electrons. The predicted molar refractivity (Wildman–Crippen MR) is 27.9 cm³/mol. The fourth-order valence-electron chi connectivity index (χ4n) is 0.243. The highest BCUT2D eigenvalue weighted by Gasteiger charge is 2.13. The Kier molecular flexibility index (Phi) is 2.23. The number of rotatable bonds is 2.